The van der Waals surface area contributed by atoms with Crippen molar-refractivity contribution < 1.29 is 9.63 Å². The number of hydrogen-bond donors (Lipinski definition) is 1. The third-order valence-electron chi connectivity index (χ3n) is 4.80. The van der Waals surface area contributed by atoms with Crippen molar-refractivity contribution in [3.63, 3.8) is 0 Å². The van der Waals surface area contributed by atoms with E-state index in [1.165, 1.54) is 21.5 Å². The molecule has 0 saturated heterocycles. The van der Waals surface area contributed by atoms with Gasteiger partial charge in [0.1, 0.15) is 5.76 Å². The first kappa shape index (κ1) is 18.3. The summed E-state index contributed by atoms with van der Waals surface area (Å²) < 4.78 is 9.34. The zero-order valence-corrected chi connectivity index (χ0v) is 15.9. The average Bonchev–Trinajstić information content (AvgIpc) is 3.37. The fourth-order valence-corrected chi connectivity index (χ4v) is 3.23. The third kappa shape index (κ3) is 3.32. The molecule has 1 aromatic carbocycles. The third-order valence-corrected chi connectivity index (χ3v) is 4.80. The summed E-state index contributed by atoms with van der Waals surface area (Å²) >= 11 is 0. The summed E-state index contributed by atoms with van der Waals surface area (Å²) in [4.78, 5) is 12.8. The van der Waals surface area contributed by atoms with Gasteiger partial charge in [0, 0.05) is 11.8 Å². The molecule has 0 saturated carbocycles. The monoisotopic (exact) mass is 390 g/mol. The van der Waals surface area contributed by atoms with Crippen LogP contribution in [0.4, 0.5) is 0 Å². The first-order chi connectivity index (χ1) is 14.0. The van der Waals surface area contributed by atoms with Gasteiger partial charge in [-0.1, -0.05) is 23.4 Å². The molecule has 29 heavy (non-hydrogen) atoms. The summed E-state index contributed by atoms with van der Waals surface area (Å²) in [5.74, 6) is 0.503. The van der Waals surface area contributed by atoms with Crippen LogP contribution in [0.1, 0.15) is 28.1 Å². The molecule has 3 aromatic heterocycles. The maximum atomic E-state index is 12.8. The van der Waals surface area contributed by atoms with Crippen LogP contribution >= 0.6 is 0 Å². The molecule has 0 bridgehead atoms. The van der Waals surface area contributed by atoms with Gasteiger partial charge >= 0.3 is 5.69 Å². The van der Waals surface area contributed by atoms with Crippen molar-refractivity contribution >= 4 is 0 Å². The maximum absolute atomic E-state index is 12.8. The maximum Gasteiger partial charge on any atom is 0.336 e. The van der Waals surface area contributed by atoms with Crippen molar-refractivity contribution in [2.45, 2.75) is 26.9 Å². The fourth-order valence-electron chi connectivity index (χ4n) is 3.23. The molecule has 0 radical (unpaired) electrons. The van der Waals surface area contributed by atoms with Crippen LogP contribution in [-0.4, -0.2) is 29.2 Å². The van der Waals surface area contributed by atoms with E-state index in [0.29, 0.717) is 29.1 Å². The lowest BCUT2D eigenvalue weighted by molar-refractivity contribution is 0.391. The highest BCUT2D eigenvalue weighted by Crippen LogP contribution is 2.18. The lowest BCUT2D eigenvalue weighted by Crippen LogP contribution is -2.23. The van der Waals surface area contributed by atoms with Gasteiger partial charge in [-0.05, 0) is 25.5 Å². The molecular weight excluding hydrogens is 372 g/mol. The highest BCUT2D eigenvalue weighted by Gasteiger charge is 2.16. The smallest absolute Gasteiger partial charge is 0.336 e. The molecule has 1 N–H and O–H groups in total. The summed E-state index contributed by atoms with van der Waals surface area (Å²) in [6, 6.07) is 9.15. The number of aryl methyl sites for hydroxylation is 2. The van der Waals surface area contributed by atoms with E-state index in [0.717, 1.165) is 11.3 Å². The van der Waals surface area contributed by atoms with Gasteiger partial charge in [-0.15, -0.1) is 0 Å². The number of rotatable bonds is 5. The molecule has 0 fully saturated rings. The van der Waals surface area contributed by atoms with E-state index in [-0.39, 0.29) is 12.4 Å². The molecule has 4 rings (SSSR count). The van der Waals surface area contributed by atoms with Gasteiger partial charge in [0.2, 0.25) is 5.88 Å². The number of imidazole rings is 1. The highest BCUT2D eigenvalue weighted by atomic mass is 16.5. The molecule has 0 aliphatic heterocycles. The molecule has 0 spiro atoms. The van der Waals surface area contributed by atoms with Crippen molar-refractivity contribution in [3.8, 4) is 17.6 Å². The summed E-state index contributed by atoms with van der Waals surface area (Å²) in [5, 5.41) is 27.8. The SMILES string of the molecule is Cc1noc(C)c1Cn1cc(-n2c(O)cn(Cc3ccccc3C#N)c2=O)cn1. The quantitative estimate of drug-likeness (QED) is 0.558. The fraction of sp³-hybridized carbons (Fsp3) is 0.200. The van der Waals surface area contributed by atoms with Crippen LogP contribution in [0.2, 0.25) is 0 Å². The van der Waals surface area contributed by atoms with E-state index >= 15 is 0 Å². The Morgan fingerprint density at radius 3 is 2.72 bits per heavy atom. The topological polar surface area (TPSA) is 115 Å². The Balaban J connectivity index is 1.65. The van der Waals surface area contributed by atoms with Crippen molar-refractivity contribution in [1.29, 1.82) is 5.26 Å². The Labute approximate surface area is 165 Å². The molecule has 0 aliphatic carbocycles. The summed E-state index contributed by atoms with van der Waals surface area (Å²) in [6.07, 6.45) is 4.52. The Kier molecular flexibility index (Phi) is 4.52. The molecular formula is C20H18N6O3. The molecule has 3 heterocycles. The molecule has 9 nitrogen and oxygen atoms in total. The standard InChI is InChI=1S/C20H18N6O3/c1-13-18(14(2)29-23-13)11-25-10-17(8-22-25)26-19(27)12-24(20(26)28)9-16-6-4-3-5-15(16)7-21/h3-6,8,10,12,27H,9,11H2,1-2H3. The van der Waals surface area contributed by atoms with Gasteiger partial charge in [0.05, 0.1) is 48.5 Å². The Morgan fingerprint density at radius 2 is 2.00 bits per heavy atom. The Bertz CT molecular complexity index is 1260. The highest BCUT2D eigenvalue weighted by molar-refractivity contribution is 5.38. The molecule has 4 aromatic rings. The predicted octanol–water partition coefficient (Wildman–Crippen LogP) is 2.11. The van der Waals surface area contributed by atoms with Crippen molar-refractivity contribution in [3.05, 3.63) is 81.5 Å². The molecule has 146 valence electrons. The van der Waals surface area contributed by atoms with Gasteiger partial charge in [-0.2, -0.15) is 10.4 Å². The minimum absolute atomic E-state index is 0.177. The molecule has 0 amide bonds. The lowest BCUT2D eigenvalue weighted by Gasteiger charge is -2.03. The van der Waals surface area contributed by atoms with Crippen LogP contribution in [0.5, 0.6) is 5.88 Å². The van der Waals surface area contributed by atoms with E-state index in [1.54, 1.807) is 35.1 Å². The Morgan fingerprint density at radius 1 is 1.21 bits per heavy atom. The molecule has 0 unspecified atom stereocenters. The van der Waals surface area contributed by atoms with Crippen LogP contribution in [-0.2, 0) is 13.1 Å². The van der Waals surface area contributed by atoms with Crippen molar-refractivity contribution in [1.82, 2.24) is 24.1 Å². The van der Waals surface area contributed by atoms with Gasteiger partial charge in [-0.3, -0.25) is 9.25 Å². The van der Waals surface area contributed by atoms with E-state index in [9.17, 15) is 15.2 Å². The molecule has 9 heteroatoms. The number of nitrogens with zero attached hydrogens (tertiary/aromatic N) is 6. The van der Waals surface area contributed by atoms with Crippen LogP contribution in [0, 0.1) is 25.2 Å². The van der Waals surface area contributed by atoms with Crippen molar-refractivity contribution in [2.24, 2.45) is 0 Å². The molecule has 0 atom stereocenters. The number of aromatic hydroxyl groups is 1. The minimum atomic E-state index is -0.424. The zero-order chi connectivity index (χ0) is 20.5. The second kappa shape index (κ2) is 7.16. The summed E-state index contributed by atoms with van der Waals surface area (Å²) in [5.41, 5.74) is 2.89. The van der Waals surface area contributed by atoms with Crippen LogP contribution in [0.25, 0.3) is 5.69 Å². The van der Waals surface area contributed by atoms with Crippen LogP contribution < -0.4 is 5.69 Å². The number of aromatic nitrogens is 5. The second-order valence-corrected chi connectivity index (χ2v) is 6.70. The van der Waals surface area contributed by atoms with E-state index in [4.69, 9.17) is 4.52 Å². The first-order valence-corrected chi connectivity index (χ1v) is 8.91. The first-order valence-electron chi connectivity index (χ1n) is 8.91. The zero-order valence-electron chi connectivity index (χ0n) is 15.9. The second-order valence-electron chi connectivity index (χ2n) is 6.70. The normalized spacial score (nSPS) is 10.9. The van der Waals surface area contributed by atoms with Gasteiger partial charge in [-0.25, -0.2) is 9.36 Å². The lowest BCUT2D eigenvalue weighted by atomic mass is 10.1. The largest absolute Gasteiger partial charge is 0.493 e. The van der Waals surface area contributed by atoms with Crippen LogP contribution in [0.15, 0.2) is 52.2 Å². The molecule has 0 aliphatic rings. The van der Waals surface area contributed by atoms with E-state index in [2.05, 4.69) is 16.3 Å². The number of nitriles is 1. The Hall–Kier alpha value is -4.06. The predicted molar refractivity (Wildman–Crippen MR) is 103 cm³/mol. The van der Waals surface area contributed by atoms with Gasteiger partial charge in [0.15, 0.2) is 0 Å². The van der Waals surface area contributed by atoms with E-state index in [1.807, 2.05) is 13.8 Å². The minimum Gasteiger partial charge on any atom is -0.493 e. The number of benzene rings is 1. The van der Waals surface area contributed by atoms with Crippen molar-refractivity contribution in [2.75, 3.05) is 0 Å². The summed E-state index contributed by atoms with van der Waals surface area (Å²) in [7, 11) is 0. The van der Waals surface area contributed by atoms with Crippen LogP contribution in [0.3, 0.4) is 0 Å². The summed E-state index contributed by atoms with van der Waals surface area (Å²) in [6.45, 7) is 4.30. The average molecular weight is 390 g/mol. The van der Waals surface area contributed by atoms with Gasteiger partial charge < -0.3 is 9.63 Å². The number of hydrogen-bond acceptors (Lipinski definition) is 6. The van der Waals surface area contributed by atoms with E-state index < -0.39 is 5.69 Å². The van der Waals surface area contributed by atoms with Gasteiger partial charge in [0.25, 0.3) is 0 Å².